The van der Waals surface area contributed by atoms with Gasteiger partial charge in [0.2, 0.25) is 5.95 Å². The maximum atomic E-state index is 9.18. The predicted octanol–water partition coefficient (Wildman–Crippen LogP) is 2.00. The van der Waals surface area contributed by atoms with Crippen molar-refractivity contribution in [2.45, 2.75) is 38.8 Å². The molecule has 1 atom stereocenters. The second-order valence-corrected chi connectivity index (χ2v) is 5.19. The highest BCUT2D eigenvalue weighted by molar-refractivity contribution is 5.51. The fourth-order valence-corrected chi connectivity index (χ4v) is 2.21. The highest BCUT2D eigenvalue weighted by atomic mass is 16.5. The number of pyridine rings is 1. The van der Waals surface area contributed by atoms with Gasteiger partial charge in [-0.2, -0.15) is 4.98 Å². The Balaban J connectivity index is 2.09. The minimum atomic E-state index is 0.108. The highest BCUT2D eigenvalue weighted by Gasteiger charge is 2.13. The van der Waals surface area contributed by atoms with Crippen molar-refractivity contribution < 1.29 is 9.84 Å². The Morgan fingerprint density at radius 1 is 1.30 bits per heavy atom. The molecule has 0 unspecified atom stereocenters. The van der Waals surface area contributed by atoms with E-state index >= 15 is 0 Å². The Labute approximate surface area is 135 Å². The molecule has 0 aliphatic carbocycles. The lowest BCUT2D eigenvalue weighted by Crippen LogP contribution is -2.22. The fraction of sp³-hybridized carbons (Fsp3) is 0.438. The first-order valence-electron chi connectivity index (χ1n) is 7.75. The summed E-state index contributed by atoms with van der Waals surface area (Å²) in [6.07, 6.45) is 5.83. The first-order valence-corrected chi connectivity index (χ1v) is 7.75. The Kier molecular flexibility index (Phi) is 6.56. The van der Waals surface area contributed by atoms with Crippen molar-refractivity contribution in [3.05, 3.63) is 36.3 Å². The minimum Gasteiger partial charge on any atom is -0.482 e. The van der Waals surface area contributed by atoms with E-state index in [1.807, 2.05) is 18.2 Å². The van der Waals surface area contributed by atoms with Crippen molar-refractivity contribution in [2.24, 2.45) is 0 Å². The molecule has 0 aromatic carbocycles. The molecule has 7 heteroatoms. The molecule has 0 amide bonds. The highest BCUT2D eigenvalue weighted by Crippen LogP contribution is 2.24. The number of ether oxygens (including phenoxy) is 1. The van der Waals surface area contributed by atoms with E-state index in [-0.39, 0.29) is 18.6 Å². The predicted molar refractivity (Wildman–Crippen MR) is 89.0 cm³/mol. The number of nitrogens with one attached hydrogen (secondary N) is 1. The molecule has 0 saturated heterocycles. The molecule has 0 bridgehead atoms. The molecular weight excluding hydrogens is 294 g/mol. The van der Waals surface area contributed by atoms with Crippen LogP contribution in [0.1, 0.15) is 31.9 Å². The Hall–Kier alpha value is -2.41. The van der Waals surface area contributed by atoms with Crippen LogP contribution in [0.4, 0.5) is 11.8 Å². The molecule has 2 heterocycles. The molecule has 0 radical (unpaired) electrons. The van der Waals surface area contributed by atoms with Gasteiger partial charge in [0.05, 0.1) is 11.9 Å². The van der Waals surface area contributed by atoms with Crippen molar-refractivity contribution in [2.75, 3.05) is 17.7 Å². The monoisotopic (exact) mass is 317 g/mol. The van der Waals surface area contributed by atoms with Gasteiger partial charge in [-0.25, -0.2) is 4.98 Å². The molecule has 4 N–H and O–H groups in total. The molecule has 7 nitrogen and oxygen atoms in total. The van der Waals surface area contributed by atoms with Gasteiger partial charge in [0.1, 0.15) is 6.61 Å². The van der Waals surface area contributed by atoms with Crippen LogP contribution in [0.2, 0.25) is 0 Å². The molecule has 0 fully saturated rings. The van der Waals surface area contributed by atoms with E-state index in [4.69, 9.17) is 10.5 Å². The number of anilines is 2. The van der Waals surface area contributed by atoms with Gasteiger partial charge in [-0.05, 0) is 25.0 Å². The average Bonchev–Trinajstić information content (AvgIpc) is 2.55. The van der Waals surface area contributed by atoms with Crippen molar-refractivity contribution in [3.8, 4) is 5.75 Å². The zero-order valence-electron chi connectivity index (χ0n) is 13.3. The van der Waals surface area contributed by atoms with Crippen molar-refractivity contribution >= 4 is 11.8 Å². The van der Waals surface area contributed by atoms with Gasteiger partial charge in [-0.3, -0.25) is 4.98 Å². The molecule has 0 aliphatic heterocycles. The van der Waals surface area contributed by atoms with E-state index in [9.17, 15) is 5.11 Å². The van der Waals surface area contributed by atoms with Gasteiger partial charge in [0.15, 0.2) is 11.6 Å². The minimum absolute atomic E-state index is 0.108. The summed E-state index contributed by atoms with van der Waals surface area (Å²) in [6, 6.07) is 5.75. The third-order valence-corrected chi connectivity index (χ3v) is 3.33. The molecule has 0 saturated carbocycles. The third kappa shape index (κ3) is 5.37. The van der Waals surface area contributed by atoms with Crippen LogP contribution in [-0.2, 0) is 6.61 Å². The van der Waals surface area contributed by atoms with Crippen LogP contribution < -0.4 is 15.8 Å². The smallest absolute Gasteiger partial charge is 0.222 e. The summed E-state index contributed by atoms with van der Waals surface area (Å²) in [4.78, 5) is 12.4. The van der Waals surface area contributed by atoms with E-state index in [1.165, 1.54) is 0 Å². The Bertz CT molecular complexity index is 588. The summed E-state index contributed by atoms with van der Waals surface area (Å²) in [5.41, 5.74) is 6.49. The Morgan fingerprint density at radius 2 is 2.17 bits per heavy atom. The standard InChI is InChI=1S/C16H23N5O2/c1-2-5-12(7-9-22)20-15-14(10-19-16(17)21-15)23-11-13-6-3-4-8-18-13/h3-4,6,8,10,12,22H,2,5,7,9,11H2,1H3,(H3,17,19,20,21)/t12-/m0/s1. The fourth-order valence-electron chi connectivity index (χ4n) is 2.21. The Morgan fingerprint density at radius 3 is 2.87 bits per heavy atom. The van der Waals surface area contributed by atoms with E-state index in [0.717, 1.165) is 18.5 Å². The summed E-state index contributed by atoms with van der Waals surface area (Å²) in [5.74, 6) is 1.24. The third-order valence-electron chi connectivity index (χ3n) is 3.33. The summed E-state index contributed by atoms with van der Waals surface area (Å²) in [6.45, 7) is 2.53. The molecule has 2 aromatic heterocycles. The normalized spacial score (nSPS) is 11.9. The summed E-state index contributed by atoms with van der Waals surface area (Å²) >= 11 is 0. The van der Waals surface area contributed by atoms with Crippen molar-refractivity contribution in [1.29, 1.82) is 0 Å². The van der Waals surface area contributed by atoms with E-state index in [1.54, 1.807) is 12.4 Å². The quantitative estimate of drug-likeness (QED) is 0.649. The van der Waals surface area contributed by atoms with Crippen LogP contribution in [0.3, 0.4) is 0 Å². The number of nitrogen functional groups attached to an aromatic ring is 1. The maximum Gasteiger partial charge on any atom is 0.222 e. The molecule has 23 heavy (non-hydrogen) atoms. The molecule has 2 aromatic rings. The first kappa shape index (κ1) is 17.0. The van der Waals surface area contributed by atoms with Gasteiger partial charge < -0.3 is 20.9 Å². The van der Waals surface area contributed by atoms with Gasteiger partial charge >= 0.3 is 0 Å². The van der Waals surface area contributed by atoms with Crippen molar-refractivity contribution in [1.82, 2.24) is 15.0 Å². The number of aliphatic hydroxyl groups excluding tert-OH is 1. The second kappa shape index (κ2) is 8.89. The lowest BCUT2D eigenvalue weighted by molar-refractivity contribution is 0.275. The average molecular weight is 317 g/mol. The van der Waals surface area contributed by atoms with E-state index in [0.29, 0.717) is 24.6 Å². The van der Waals surface area contributed by atoms with Crippen LogP contribution >= 0.6 is 0 Å². The molecule has 0 spiro atoms. The van der Waals surface area contributed by atoms with Gasteiger partial charge in [0.25, 0.3) is 0 Å². The second-order valence-electron chi connectivity index (χ2n) is 5.19. The van der Waals surface area contributed by atoms with Gasteiger partial charge in [-0.1, -0.05) is 19.4 Å². The van der Waals surface area contributed by atoms with Crippen LogP contribution in [0.5, 0.6) is 5.75 Å². The largest absolute Gasteiger partial charge is 0.482 e. The lowest BCUT2D eigenvalue weighted by Gasteiger charge is -2.19. The molecule has 2 rings (SSSR count). The SMILES string of the molecule is CCC[C@@H](CCO)Nc1nc(N)ncc1OCc1ccccn1. The topological polar surface area (TPSA) is 106 Å². The first-order chi connectivity index (χ1) is 11.2. The van der Waals surface area contributed by atoms with Gasteiger partial charge in [-0.15, -0.1) is 0 Å². The van der Waals surface area contributed by atoms with Gasteiger partial charge in [0, 0.05) is 18.8 Å². The van der Waals surface area contributed by atoms with Crippen LogP contribution in [0, 0.1) is 0 Å². The van der Waals surface area contributed by atoms with Crippen LogP contribution in [0.15, 0.2) is 30.6 Å². The maximum absolute atomic E-state index is 9.18. The lowest BCUT2D eigenvalue weighted by atomic mass is 10.1. The van der Waals surface area contributed by atoms with E-state index in [2.05, 4.69) is 27.2 Å². The van der Waals surface area contributed by atoms with Crippen LogP contribution in [-0.4, -0.2) is 32.7 Å². The number of hydrogen-bond donors (Lipinski definition) is 3. The van der Waals surface area contributed by atoms with Crippen molar-refractivity contribution in [3.63, 3.8) is 0 Å². The number of aliphatic hydroxyl groups is 1. The number of aromatic nitrogens is 3. The molecular formula is C16H23N5O2. The number of nitrogens with zero attached hydrogens (tertiary/aromatic N) is 3. The number of rotatable bonds is 9. The zero-order valence-corrected chi connectivity index (χ0v) is 13.3. The summed E-state index contributed by atoms with van der Waals surface area (Å²) in [5, 5.41) is 12.5. The molecule has 0 aliphatic rings. The van der Waals surface area contributed by atoms with Crippen LogP contribution in [0.25, 0.3) is 0 Å². The summed E-state index contributed by atoms with van der Waals surface area (Å²) < 4.78 is 5.77. The number of nitrogens with two attached hydrogens (primary N) is 1. The summed E-state index contributed by atoms with van der Waals surface area (Å²) in [7, 11) is 0. The zero-order chi connectivity index (χ0) is 16.5. The molecule has 124 valence electrons. The number of hydrogen-bond acceptors (Lipinski definition) is 7. The van der Waals surface area contributed by atoms with E-state index < -0.39 is 0 Å².